The van der Waals surface area contributed by atoms with E-state index in [1.54, 1.807) is 0 Å². The summed E-state index contributed by atoms with van der Waals surface area (Å²) in [5.41, 5.74) is 11.4. The van der Waals surface area contributed by atoms with Crippen LogP contribution in [0.25, 0.3) is 0 Å². The van der Waals surface area contributed by atoms with E-state index in [4.69, 9.17) is 16.2 Å². The number of carbonyl (C=O) groups is 1. The molecule has 1 aromatic heterocycles. The summed E-state index contributed by atoms with van der Waals surface area (Å²) < 4.78 is 5.15. The second-order valence-corrected chi connectivity index (χ2v) is 3.15. The van der Waals surface area contributed by atoms with Gasteiger partial charge in [-0.2, -0.15) is 0 Å². The summed E-state index contributed by atoms with van der Waals surface area (Å²) in [6, 6.07) is 1.50. The quantitative estimate of drug-likeness (QED) is 0.599. The van der Waals surface area contributed by atoms with Crippen molar-refractivity contribution in [1.82, 2.24) is 4.98 Å². The number of anilines is 2. The zero-order chi connectivity index (χ0) is 12.0. The van der Waals surface area contributed by atoms with Gasteiger partial charge in [-0.15, -0.1) is 0 Å². The van der Waals surface area contributed by atoms with Crippen LogP contribution in [0.15, 0.2) is 12.3 Å². The standard InChI is InChI=1S/C10H16N4O2/c1-2-16-4-3-13-10-8(9(12)15)5-7(11)6-14-10/h5-6H,2-4,11H2,1H3,(H2,12,15)(H,13,14). The number of nitrogens with two attached hydrogens (primary N) is 2. The number of hydrogen-bond acceptors (Lipinski definition) is 5. The minimum Gasteiger partial charge on any atom is -0.397 e. The van der Waals surface area contributed by atoms with Crippen molar-refractivity contribution in [2.45, 2.75) is 6.92 Å². The molecule has 5 N–H and O–H groups in total. The van der Waals surface area contributed by atoms with Crippen molar-refractivity contribution in [2.24, 2.45) is 5.73 Å². The Labute approximate surface area is 94.0 Å². The fourth-order valence-electron chi connectivity index (χ4n) is 1.20. The molecule has 1 amide bonds. The molecule has 16 heavy (non-hydrogen) atoms. The van der Waals surface area contributed by atoms with Gasteiger partial charge in [0.1, 0.15) is 5.82 Å². The molecular formula is C10H16N4O2. The van der Waals surface area contributed by atoms with Gasteiger partial charge in [-0.1, -0.05) is 0 Å². The Hall–Kier alpha value is -1.82. The smallest absolute Gasteiger partial charge is 0.252 e. The van der Waals surface area contributed by atoms with E-state index in [1.807, 2.05) is 6.92 Å². The zero-order valence-electron chi connectivity index (χ0n) is 9.19. The van der Waals surface area contributed by atoms with Gasteiger partial charge in [0.25, 0.3) is 5.91 Å². The Balaban J connectivity index is 2.67. The van der Waals surface area contributed by atoms with Crippen molar-refractivity contribution in [3.05, 3.63) is 17.8 Å². The molecule has 0 saturated heterocycles. The van der Waals surface area contributed by atoms with Gasteiger partial charge in [0, 0.05) is 13.2 Å². The number of ether oxygens (including phenoxy) is 1. The molecule has 0 aliphatic carbocycles. The molecule has 0 radical (unpaired) electrons. The average Bonchev–Trinajstić information content (AvgIpc) is 2.26. The molecule has 0 atom stereocenters. The van der Waals surface area contributed by atoms with E-state index in [0.29, 0.717) is 31.3 Å². The van der Waals surface area contributed by atoms with Crippen LogP contribution in [0.5, 0.6) is 0 Å². The first kappa shape index (κ1) is 12.3. The van der Waals surface area contributed by atoms with Crippen LogP contribution in [0.2, 0.25) is 0 Å². The maximum atomic E-state index is 11.1. The molecule has 0 saturated carbocycles. The van der Waals surface area contributed by atoms with Gasteiger partial charge in [-0.3, -0.25) is 4.79 Å². The van der Waals surface area contributed by atoms with Gasteiger partial charge in [0.2, 0.25) is 0 Å². The number of nitrogens with one attached hydrogen (secondary N) is 1. The first-order valence-corrected chi connectivity index (χ1v) is 5.02. The van der Waals surface area contributed by atoms with Gasteiger partial charge in [-0.25, -0.2) is 4.98 Å². The summed E-state index contributed by atoms with van der Waals surface area (Å²) in [6.45, 7) is 3.67. The van der Waals surface area contributed by atoms with Gasteiger partial charge in [-0.05, 0) is 13.0 Å². The highest BCUT2D eigenvalue weighted by atomic mass is 16.5. The van der Waals surface area contributed by atoms with Crippen molar-refractivity contribution in [2.75, 3.05) is 30.8 Å². The number of pyridine rings is 1. The number of nitrogens with zero attached hydrogens (tertiary/aromatic N) is 1. The fourth-order valence-corrected chi connectivity index (χ4v) is 1.20. The number of hydrogen-bond donors (Lipinski definition) is 3. The number of carbonyl (C=O) groups excluding carboxylic acids is 1. The van der Waals surface area contributed by atoms with E-state index in [9.17, 15) is 4.79 Å². The lowest BCUT2D eigenvalue weighted by molar-refractivity contribution is 0.100. The molecule has 0 aliphatic heterocycles. The van der Waals surface area contributed by atoms with E-state index < -0.39 is 5.91 Å². The lowest BCUT2D eigenvalue weighted by Crippen LogP contribution is -2.18. The Morgan fingerprint density at radius 1 is 1.62 bits per heavy atom. The topological polar surface area (TPSA) is 103 Å². The second kappa shape index (κ2) is 5.92. The number of amides is 1. The highest BCUT2D eigenvalue weighted by molar-refractivity contribution is 5.98. The Morgan fingerprint density at radius 2 is 2.38 bits per heavy atom. The molecule has 0 bridgehead atoms. The molecule has 0 spiro atoms. The number of nitrogen functional groups attached to an aromatic ring is 1. The van der Waals surface area contributed by atoms with Crippen LogP contribution in [0.4, 0.5) is 11.5 Å². The summed E-state index contributed by atoms with van der Waals surface area (Å²) in [4.78, 5) is 15.1. The predicted octanol–water partition coefficient (Wildman–Crippen LogP) is 0.211. The fraction of sp³-hybridized carbons (Fsp3) is 0.400. The Kier molecular flexibility index (Phi) is 4.53. The van der Waals surface area contributed by atoms with Crippen LogP contribution in [-0.2, 0) is 4.74 Å². The maximum absolute atomic E-state index is 11.1. The molecule has 1 rings (SSSR count). The van der Waals surface area contributed by atoms with E-state index in [1.165, 1.54) is 12.3 Å². The summed E-state index contributed by atoms with van der Waals surface area (Å²) in [5.74, 6) is -0.125. The van der Waals surface area contributed by atoms with E-state index >= 15 is 0 Å². The summed E-state index contributed by atoms with van der Waals surface area (Å²) in [7, 11) is 0. The third kappa shape index (κ3) is 3.39. The molecule has 0 fully saturated rings. The molecule has 6 nitrogen and oxygen atoms in total. The van der Waals surface area contributed by atoms with Crippen LogP contribution >= 0.6 is 0 Å². The van der Waals surface area contributed by atoms with Gasteiger partial charge >= 0.3 is 0 Å². The molecular weight excluding hydrogens is 208 g/mol. The molecule has 1 aromatic rings. The first-order valence-electron chi connectivity index (χ1n) is 5.02. The highest BCUT2D eigenvalue weighted by Crippen LogP contribution is 2.14. The van der Waals surface area contributed by atoms with E-state index in [-0.39, 0.29) is 5.56 Å². The average molecular weight is 224 g/mol. The van der Waals surface area contributed by atoms with Crippen molar-refractivity contribution in [3.63, 3.8) is 0 Å². The van der Waals surface area contributed by atoms with Crippen LogP contribution in [0, 0.1) is 0 Å². The first-order chi connectivity index (χ1) is 7.65. The number of primary amides is 1. The second-order valence-electron chi connectivity index (χ2n) is 3.15. The SMILES string of the molecule is CCOCCNc1ncc(N)cc1C(N)=O. The Morgan fingerprint density at radius 3 is 3.00 bits per heavy atom. The third-order valence-electron chi connectivity index (χ3n) is 1.92. The Bertz CT molecular complexity index is 368. The number of aromatic nitrogens is 1. The minimum atomic E-state index is -0.557. The highest BCUT2D eigenvalue weighted by Gasteiger charge is 2.09. The number of rotatable bonds is 6. The summed E-state index contributed by atoms with van der Waals surface area (Å²) in [5, 5.41) is 2.96. The van der Waals surface area contributed by atoms with Gasteiger partial charge < -0.3 is 21.5 Å². The van der Waals surface area contributed by atoms with Crippen molar-refractivity contribution < 1.29 is 9.53 Å². The van der Waals surface area contributed by atoms with Gasteiger partial charge in [0.05, 0.1) is 24.1 Å². The molecule has 88 valence electrons. The molecule has 0 aliphatic rings. The zero-order valence-corrected chi connectivity index (χ0v) is 9.19. The van der Waals surface area contributed by atoms with Crippen LogP contribution < -0.4 is 16.8 Å². The molecule has 6 heteroatoms. The lowest BCUT2D eigenvalue weighted by Gasteiger charge is -2.09. The minimum absolute atomic E-state index is 0.288. The van der Waals surface area contributed by atoms with Crippen molar-refractivity contribution in [3.8, 4) is 0 Å². The largest absolute Gasteiger partial charge is 0.397 e. The molecule has 0 unspecified atom stereocenters. The van der Waals surface area contributed by atoms with E-state index in [2.05, 4.69) is 10.3 Å². The predicted molar refractivity (Wildman–Crippen MR) is 62.2 cm³/mol. The summed E-state index contributed by atoms with van der Waals surface area (Å²) >= 11 is 0. The normalized spacial score (nSPS) is 10.1. The van der Waals surface area contributed by atoms with E-state index in [0.717, 1.165) is 0 Å². The monoisotopic (exact) mass is 224 g/mol. The summed E-state index contributed by atoms with van der Waals surface area (Å²) in [6.07, 6.45) is 1.47. The third-order valence-corrected chi connectivity index (χ3v) is 1.92. The van der Waals surface area contributed by atoms with Gasteiger partial charge in [0.15, 0.2) is 0 Å². The van der Waals surface area contributed by atoms with Crippen molar-refractivity contribution in [1.29, 1.82) is 0 Å². The van der Waals surface area contributed by atoms with Crippen molar-refractivity contribution >= 4 is 17.4 Å². The lowest BCUT2D eigenvalue weighted by atomic mass is 10.2. The molecule has 0 aromatic carbocycles. The van der Waals surface area contributed by atoms with Crippen LogP contribution in [0.3, 0.4) is 0 Å². The van der Waals surface area contributed by atoms with Crippen LogP contribution in [0.1, 0.15) is 17.3 Å². The van der Waals surface area contributed by atoms with Crippen LogP contribution in [-0.4, -0.2) is 30.6 Å². The maximum Gasteiger partial charge on any atom is 0.252 e. The molecule has 1 heterocycles.